The first-order valence-electron chi connectivity index (χ1n) is 10.4. The SMILES string of the molecule is N#Cc1cc(C#N)c(-c2ccc(N3c4ccccc4C=Cc4ccccc43)cc2)c(C#N)c1. The molecule has 4 heteroatoms. The lowest BCUT2D eigenvalue weighted by Crippen LogP contribution is -2.11. The number of benzene rings is 4. The minimum absolute atomic E-state index is 0.300. The van der Waals surface area contributed by atoms with Crippen molar-refractivity contribution in [3.8, 4) is 29.3 Å². The summed E-state index contributed by atoms with van der Waals surface area (Å²) < 4.78 is 0. The van der Waals surface area contributed by atoms with E-state index in [4.69, 9.17) is 0 Å². The van der Waals surface area contributed by atoms with Gasteiger partial charge in [-0.2, -0.15) is 15.8 Å². The van der Waals surface area contributed by atoms with Gasteiger partial charge in [-0.3, -0.25) is 0 Å². The van der Waals surface area contributed by atoms with Crippen LogP contribution in [-0.4, -0.2) is 0 Å². The van der Waals surface area contributed by atoms with Gasteiger partial charge in [0.25, 0.3) is 0 Å². The van der Waals surface area contributed by atoms with Crippen LogP contribution in [-0.2, 0) is 0 Å². The molecule has 5 rings (SSSR count). The van der Waals surface area contributed by atoms with Gasteiger partial charge in [0.2, 0.25) is 0 Å². The maximum absolute atomic E-state index is 9.64. The van der Waals surface area contributed by atoms with Crippen LogP contribution in [0.2, 0.25) is 0 Å². The molecule has 0 unspecified atom stereocenters. The van der Waals surface area contributed by atoms with Crippen molar-refractivity contribution >= 4 is 29.2 Å². The van der Waals surface area contributed by atoms with Crippen molar-refractivity contribution < 1.29 is 0 Å². The molecular formula is C29H16N4. The van der Waals surface area contributed by atoms with E-state index in [-0.39, 0.29) is 0 Å². The van der Waals surface area contributed by atoms with Crippen molar-refractivity contribution in [3.63, 3.8) is 0 Å². The van der Waals surface area contributed by atoms with Gasteiger partial charge in [-0.1, -0.05) is 60.7 Å². The van der Waals surface area contributed by atoms with E-state index in [0.29, 0.717) is 22.3 Å². The van der Waals surface area contributed by atoms with Crippen LogP contribution in [0.25, 0.3) is 23.3 Å². The molecule has 1 aliphatic heterocycles. The minimum atomic E-state index is 0.300. The van der Waals surface area contributed by atoms with Gasteiger partial charge in [-0.05, 0) is 53.1 Å². The summed E-state index contributed by atoms with van der Waals surface area (Å²) in [5.74, 6) is 0. The molecule has 0 N–H and O–H groups in total. The fourth-order valence-corrected chi connectivity index (χ4v) is 4.22. The van der Waals surface area contributed by atoms with Gasteiger partial charge in [-0.15, -0.1) is 0 Å². The zero-order chi connectivity index (χ0) is 22.8. The van der Waals surface area contributed by atoms with Gasteiger partial charge < -0.3 is 4.90 Å². The Balaban J connectivity index is 1.66. The number of nitrogens with zero attached hydrogens (tertiary/aromatic N) is 4. The monoisotopic (exact) mass is 420 g/mol. The molecule has 0 fully saturated rings. The normalized spacial score (nSPS) is 11.4. The molecule has 0 bridgehead atoms. The summed E-state index contributed by atoms with van der Waals surface area (Å²) in [6.45, 7) is 0. The number of nitriles is 3. The predicted octanol–water partition coefficient (Wildman–Crippen LogP) is 6.92. The Labute approximate surface area is 192 Å². The summed E-state index contributed by atoms with van der Waals surface area (Å²) in [5.41, 5.74) is 7.56. The van der Waals surface area contributed by atoms with Gasteiger partial charge in [0.1, 0.15) is 0 Å². The standard InChI is InChI=1S/C29H16N4/c30-17-20-15-24(18-31)29(25(16-20)19-32)23-11-13-26(14-12-23)33-27-7-3-1-5-21(27)9-10-22-6-2-4-8-28(22)33/h1-16H. The molecule has 0 radical (unpaired) electrons. The summed E-state index contributed by atoms with van der Waals surface area (Å²) in [6.07, 6.45) is 4.25. The average molecular weight is 420 g/mol. The molecule has 0 saturated carbocycles. The van der Waals surface area contributed by atoms with Crippen LogP contribution in [0, 0.1) is 34.0 Å². The largest absolute Gasteiger partial charge is 0.309 e. The summed E-state index contributed by atoms with van der Waals surface area (Å²) in [4.78, 5) is 2.21. The number of para-hydroxylation sites is 2. The third kappa shape index (κ3) is 3.41. The Morgan fingerprint density at radius 2 is 1.09 bits per heavy atom. The molecule has 0 saturated heterocycles. The van der Waals surface area contributed by atoms with Crippen molar-refractivity contribution in [2.75, 3.05) is 4.90 Å². The summed E-state index contributed by atoms with van der Waals surface area (Å²) in [6, 6.07) is 33.6. The smallest absolute Gasteiger partial charge is 0.0999 e. The third-order valence-corrected chi connectivity index (χ3v) is 5.72. The maximum atomic E-state index is 9.64. The highest BCUT2D eigenvalue weighted by atomic mass is 15.1. The van der Waals surface area contributed by atoms with Gasteiger partial charge in [-0.25, -0.2) is 0 Å². The zero-order valence-electron chi connectivity index (χ0n) is 17.5. The quantitative estimate of drug-likeness (QED) is 0.310. The molecule has 0 aliphatic carbocycles. The first-order valence-corrected chi connectivity index (χ1v) is 10.4. The molecule has 33 heavy (non-hydrogen) atoms. The predicted molar refractivity (Wildman–Crippen MR) is 130 cm³/mol. The van der Waals surface area contributed by atoms with Gasteiger partial charge in [0, 0.05) is 11.3 Å². The van der Waals surface area contributed by atoms with Gasteiger partial charge in [0.05, 0.1) is 46.3 Å². The van der Waals surface area contributed by atoms with Gasteiger partial charge >= 0.3 is 0 Å². The maximum Gasteiger partial charge on any atom is 0.0999 e. The molecule has 1 heterocycles. The van der Waals surface area contributed by atoms with Crippen molar-refractivity contribution in [2.24, 2.45) is 0 Å². The Morgan fingerprint density at radius 3 is 1.58 bits per heavy atom. The Kier molecular flexibility index (Phi) is 4.93. The summed E-state index contributed by atoms with van der Waals surface area (Å²) in [5, 5.41) is 28.5. The molecule has 152 valence electrons. The lowest BCUT2D eigenvalue weighted by Gasteiger charge is -2.27. The molecule has 0 amide bonds. The number of anilines is 3. The second kappa shape index (κ2) is 8.20. The van der Waals surface area contributed by atoms with E-state index < -0.39 is 0 Å². The van der Waals surface area contributed by atoms with Crippen LogP contribution in [0.4, 0.5) is 17.1 Å². The van der Waals surface area contributed by atoms with E-state index >= 15 is 0 Å². The van der Waals surface area contributed by atoms with Crippen LogP contribution in [0.5, 0.6) is 0 Å². The fourth-order valence-electron chi connectivity index (χ4n) is 4.22. The van der Waals surface area contributed by atoms with Crippen LogP contribution in [0.1, 0.15) is 27.8 Å². The molecule has 4 aromatic rings. The summed E-state index contributed by atoms with van der Waals surface area (Å²) >= 11 is 0. The third-order valence-electron chi connectivity index (χ3n) is 5.72. The van der Waals surface area contributed by atoms with E-state index in [1.54, 1.807) is 0 Å². The van der Waals surface area contributed by atoms with Crippen molar-refractivity contribution in [3.05, 3.63) is 113 Å². The van der Waals surface area contributed by atoms with Crippen molar-refractivity contribution in [2.45, 2.75) is 0 Å². The second-order valence-corrected chi connectivity index (χ2v) is 7.62. The molecule has 0 spiro atoms. The summed E-state index contributed by atoms with van der Waals surface area (Å²) in [7, 11) is 0. The van der Waals surface area contributed by atoms with Crippen molar-refractivity contribution in [1.82, 2.24) is 0 Å². The highest BCUT2D eigenvalue weighted by Crippen LogP contribution is 2.42. The van der Waals surface area contributed by atoms with E-state index in [2.05, 4.69) is 53.5 Å². The molecule has 1 aliphatic rings. The highest BCUT2D eigenvalue weighted by Gasteiger charge is 2.20. The molecule has 4 nitrogen and oxygen atoms in total. The number of hydrogen-bond acceptors (Lipinski definition) is 4. The highest BCUT2D eigenvalue weighted by molar-refractivity contribution is 5.93. The van der Waals surface area contributed by atoms with E-state index in [9.17, 15) is 15.8 Å². The van der Waals surface area contributed by atoms with Crippen LogP contribution < -0.4 is 4.90 Å². The average Bonchev–Trinajstić information content (AvgIpc) is 3.05. The first-order chi connectivity index (χ1) is 16.2. The topological polar surface area (TPSA) is 74.6 Å². The Bertz CT molecular complexity index is 1460. The Hall–Kier alpha value is -5.11. The van der Waals surface area contributed by atoms with Crippen LogP contribution in [0.15, 0.2) is 84.9 Å². The lowest BCUT2D eigenvalue weighted by atomic mass is 9.93. The number of hydrogen-bond donors (Lipinski definition) is 0. The van der Waals surface area contributed by atoms with E-state index in [1.807, 2.05) is 54.6 Å². The Morgan fingerprint density at radius 1 is 0.576 bits per heavy atom. The van der Waals surface area contributed by atoms with E-state index in [0.717, 1.165) is 33.8 Å². The lowest BCUT2D eigenvalue weighted by molar-refractivity contribution is 1.28. The second-order valence-electron chi connectivity index (χ2n) is 7.62. The first kappa shape index (κ1) is 19.8. The van der Waals surface area contributed by atoms with E-state index in [1.165, 1.54) is 12.1 Å². The fraction of sp³-hybridized carbons (Fsp3) is 0. The number of fused-ring (bicyclic) bond motifs is 2. The number of rotatable bonds is 2. The van der Waals surface area contributed by atoms with Gasteiger partial charge in [0.15, 0.2) is 0 Å². The molecule has 0 atom stereocenters. The van der Waals surface area contributed by atoms with Crippen molar-refractivity contribution in [1.29, 1.82) is 15.8 Å². The molecule has 0 aromatic heterocycles. The van der Waals surface area contributed by atoms with Crippen LogP contribution in [0.3, 0.4) is 0 Å². The zero-order valence-corrected chi connectivity index (χ0v) is 17.5. The molecule has 4 aromatic carbocycles. The van der Waals surface area contributed by atoms with Crippen LogP contribution >= 0.6 is 0 Å². The minimum Gasteiger partial charge on any atom is -0.309 e. The molecular weight excluding hydrogens is 404 g/mol.